The Labute approximate surface area is 96.0 Å². The third-order valence-corrected chi connectivity index (χ3v) is 3.00. The Morgan fingerprint density at radius 3 is 2.44 bits per heavy atom. The van der Waals surface area contributed by atoms with Crippen LogP contribution in [0.1, 0.15) is 5.56 Å². The van der Waals surface area contributed by atoms with Gasteiger partial charge in [-0.15, -0.1) is 0 Å². The molecule has 1 aromatic carbocycles. The first-order valence-corrected chi connectivity index (χ1v) is 5.63. The minimum absolute atomic E-state index is 0.154. The zero-order valence-electron chi connectivity index (χ0n) is 9.61. The fraction of sp³-hybridized carbons (Fsp3) is 0.500. The van der Waals surface area contributed by atoms with Gasteiger partial charge in [0.15, 0.2) is 0 Å². The Morgan fingerprint density at radius 2 is 1.88 bits per heavy atom. The Bertz CT molecular complexity index is 331. The molecular formula is C12H18N2O2. The predicted molar refractivity (Wildman–Crippen MR) is 63.9 cm³/mol. The van der Waals surface area contributed by atoms with Crippen molar-refractivity contribution in [1.29, 1.82) is 0 Å². The molecule has 0 saturated carbocycles. The van der Waals surface area contributed by atoms with E-state index in [0.717, 1.165) is 11.3 Å². The summed E-state index contributed by atoms with van der Waals surface area (Å²) in [5.41, 5.74) is 2.17. The van der Waals surface area contributed by atoms with E-state index < -0.39 is 0 Å². The second kappa shape index (κ2) is 4.82. The third-order valence-electron chi connectivity index (χ3n) is 3.00. The summed E-state index contributed by atoms with van der Waals surface area (Å²) in [4.78, 5) is 0. The van der Waals surface area contributed by atoms with Crippen LogP contribution in [0.15, 0.2) is 24.3 Å². The van der Waals surface area contributed by atoms with Gasteiger partial charge in [0.1, 0.15) is 19.6 Å². The molecular weight excluding hydrogens is 204 g/mol. The number of quaternary nitrogens is 1. The predicted octanol–water partition coefficient (Wildman–Crippen LogP) is 1.57. The average Bonchev–Trinajstić information content (AvgIpc) is 2.30. The molecule has 16 heavy (non-hydrogen) atoms. The molecule has 1 heterocycles. The Hall–Kier alpha value is -1.10. The molecule has 1 saturated heterocycles. The molecule has 1 aromatic rings. The van der Waals surface area contributed by atoms with Gasteiger partial charge in [-0.1, -0.05) is 12.1 Å². The maximum absolute atomic E-state index is 12.3. The van der Waals surface area contributed by atoms with Gasteiger partial charge in [0, 0.05) is 18.3 Å². The molecule has 0 aliphatic carbocycles. The molecule has 0 aromatic heterocycles. The molecule has 0 amide bonds. The number of ether oxygens (including phenoxy) is 1. The first kappa shape index (κ1) is 11.4. The smallest absolute Gasteiger partial charge is 0.104 e. The summed E-state index contributed by atoms with van der Waals surface area (Å²) >= 11 is 0. The topological polar surface area (TPSA) is 44.3 Å². The van der Waals surface area contributed by atoms with E-state index in [0.29, 0.717) is 32.8 Å². The van der Waals surface area contributed by atoms with E-state index in [9.17, 15) is 5.21 Å². The monoisotopic (exact) mass is 222 g/mol. The number of hydrogen-bond acceptors (Lipinski definition) is 3. The Morgan fingerprint density at radius 1 is 1.25 bits per heavy atom. The quantitative estimate of drug-likeness (QED) is 0.623. The third kappa shape index (κ3) is 2.72. The van der Waals surface area contributed by atoms with Crippen molar-refractivity contribution >= 4 is 5.69 Å². The van der Waals surface area contributed by atoms with Crippen molar-refractivity contribution in [3.63, 3.8) is 0 Å². The molecule has 1 N–H and O–H groups in total. The number of nitrogens with zero attached hydrogens (tertiary/aromatic N) is 1. The SMILES string of the molecule is CNc1ccc(C[N+]2([O-])CCOCC2)cc1. The normalized spacial score (nSPS) is 19.4. The summed E-state index contributed by atoms with van der Waals surface area (Å²) in [6, 6.07) is 8.03. The first-order chi connectivity index (χ1) is 7.72. The van der Waals surface area contributed by atoms with Gasteiger partial charge in [-0.25, -0.2) is 0 Å². The van der Waals surface area contributed by atoms with Crippen LogP contribution in [0, 0.1) is 5.21 Å². The van der Waals surface area contributed by atoms with Gasteiger partial charge in [-0.2, -0.15) is 0 Å². The lowest BCUT2D eigenvalue weighted by Gasteiger charge is -2.45. The summed E-state index contributed by atoms with van der Waals surface area (Å²) in [5.74, 6) is 0. The molecule has 0 atom stereocenters. The van der Waals surface area contributed by atoms with Crippen LogP contribution in [0.2, 0.25) is 0 Å². The van der Waals surface area contributed by atoms with E-state index in [1.807, 2.05) is 31.3 Å². The van der Waals surface area contributed by atoms with Crippen molar-refractivity contribution in [3.05, 3.63) is 35.0 Å². The van der Waals surface area contributed by atoms with Crippen molar-refractivity contribution in [1.82, 2.24) is 0 Å². The second-order valence-corrected chi connectivity index (χ2v) is 4.22. The van der Waals surface area contributed by atoms with E-state index in [4.69, 9.17) is 4.74 Å². The summed E-state index contributed by atoms with van der Waals surface area (Å²) in [6.45, 7) is 2.84. The standard InChI is InChI=1S/C12H18N2O2/c1-13-12-4-2-11(3-5-12)10-14(15)6-8-16-9-7-14/h2-5,13H,6-10H2,1H3. The van der Waals surface area contributed by atoms with Crippen LogP contribution in [-0.4, -0.2) is 38.0 Å². The summed E-state index contributed by atoms with van der Waals surface area (Å²) in [7, 11) is 1.89. The number of rotatable bonds is 3. The minimum Gasteiger partial charge on any atom is -0.632 e. The lowest BCUT2D eigenvalue weighted by atomic mass is 10.2. The van der Waals surface area contributed by atoms with Gasteiger partial charge in [0.05, 0.1) is 13.2 Å². The number of hydroxylamine groups is 3. The van der Waals surface area contributed by atoms with Crippen molar-refractivity contribution in [2.75, 3.05) is 38.7 Å². The van der Waals surface area contributed by atoms with Crippen LogP contribution in [0.25, 0.3) is 0 Å². The number of benzene rings is 1. The zero-order chi connectivity index (χ0) is 11.4. The molecule has 0 radical (unpaired) electrons. The van der Waals surface area contributed by atoms with Crippen LogP contribution < -0.4 is 5.32 Å². The highest BCUT2D eigenvalue weighted by atomic mass is 16.6. The number of hydrogen-bond donors (Lipinski definition) is 1. The molecule has 0 bridgehead atoms. The molecule has 0 spiro atoms. The summed E-state index contributed by atoms with van der Waals surface area (Å²) < 4.78 is 5.06. The minimum atomic E-state index is -0.154. The highest BCUT2D eigenvalue weighted by molar-refractivity contribution is 5.43. The molecule has 1 aliphatic rings. The van der Waals surface area contributed by atoms with Crippen LogP contribution in [0.5, 0.6) is 0 Å². The fourth-order valence-electron chi connectivity index (χ4n) is 1.94. The van der Waals surface area contributed by atoms with Crippen LogP contribution in [0.4, 0.5) is 5.69 Å². The average molecular weight is 222 g/mol. The fourth-order valence-corrected chi connectivity index (χ4v) is 1.94. The lowest BCUT2D eigenvalue weighted by Crippen LogP contribution is -2.49. The van der Waals surface area contributed by atoms with Crippen molar-refractivity contribution in [2.45, 2.75) is 6.54 Å². The lowest BCUT2D eigenvalue weighted by molar-refractivity contribution is -0.901. The molecule has 2 rings (SSSR count). The van der Waals surface area contributed by atoms with E-state index in [-0.39, 0.29) is 4.65 Å². The maximum Gasteiger partial charge on any atom is 0.104 e. The van der Waals surface area contributed by atoms with Gasteiger partial charge in [0.2, 0.25) is 0 Å². The van der Waals surface area contributed by atoms with Gasteiger partial charge < -0.3 is 19.9 Å². The molecule has 4 nitrogen and oxygen atoms in total. The zero-order valence-corrected chi connectivity index (χ0v) is 9.61. The highest BCUT2D eigenvalue weighted by Crippen LogP contribution is 2.17. The number of nitrogens with one attached hydrogen (secondary N) is 1. The van der Waals surface area contributed by atoms with Crippen LogP contribution in [-0.2, 0) is 11.3 Å². The first-order valence-electron chi connectivity index (χ1n) is 5.63. The molecule has 88 valence electrons. The number of anilines is 1. The number of morpholine rings is 1. The second-order valence-electron chi connectivity index (χ2n) is 4.22. The van der Waals surface area contributed by atoms with E-state index in [1.165, 1.54) is 0 Å². The van der Waals surface area contributed by atoms with Crippen LogP contribution >= 0.6 is 0 Å². The van der Waals surface area contributed by atoms with Crippen LogP contribution in [0.3, 0.4) is 0 Å². The maximum atomic E-state index is 12.3. The summed E-state index contributed by atoms with van der Waals surface area (Å²) in [6.07, 6.45) is 0. The van der Waals surface area contributed by atoms with E-state index in [1.54, 1.807) is 0 Å². The molecule has 4 heteroatoms. The van der Waals surface area contributed by atoms with Gasteiger partial charge in [-0.3, -0.25) is 0 Å². The Balaban J connectivity index is 2.01. The molecule has 0 unspecified atom stereocenters. The van der Waals surface area contributed by atoms with Crippen molar-refractivity contribution < 1.29 is 9.38 Å². The van der Waals surface area contributed by atoms with Gasteiger partial charge in [0.25, 0.3) is 0 Å². The van der Waals surface area contributed by atoms with E-state index >= 15 is 0 Å². The molecule has 1 aliphatic heterocycles. The largest absolute Gasteiger partial charge is 0.632 e. The van der Waals surface area contributed by atoms with Crippen molar-refractivity contribution in [2.24, 2.45) is 0 Å². The van der Waals surface area contributed by atoms with E-state index in [2.05, 4.69) is 5.32 Å². The van der Waals surface area contributed by atoms with Crippen molar-refractivity contribution in [3.8, 4) is 0 Å². The van der Waals surface area contributed by atoms with Gasteiger partial charge in [-0.05, 0) is 12.1 Å². The Kier molecular flexibility index (Phi) is 3.43. The summed E-state index contributed by atoms with van der Waals surface area (Å²) in [5, 5.41) is 15.4. The highest BCUT2D eigenvalue weighted by Gasteiger charge is 2.21. The van der Waals surface area contributed by atoms with Gasteiger partial charge >= 0.3 is 0 Å². The molecule has 1 fully saturated rings.